The van der Waals surface area contributed by atoms with Gasteiger partial charge in [0.05, 0.1) is 6.54 Å². The lowest BCUT2D eigenvalue weighted by Gasteiger charge is -2.26. The summed E-state index contributed by atoms with van der Waals surface area (Å²) in [5.41, 5.74) is 6.64. The summed E-state index contributed by atoms with van der Waals surface area (Å²) in [5.74, 6) is -0.478. The lowest BCUT2D eigenvalue weighted by Crippen LogP contribution is -2.43. The van der Waals surface area contributed by atoms with Crippen molar-refractivity contribution in [3.05, 3.63) is 62.6 Å². The number of hydrogen-bond acceptors (Lipinski definition) is 6. The molecule has 0 aromatic carbocycles. The van der Waals surface area contributed by atoms with Gasteiger partial charge in [-0.2, -0.15) is 0 Å². The molecule has 0 saturated carbocycles. The van der Waals surface area contributed by atoms with E-state index in [1.54, 1.807) is 12.4 Å². The average molecular weight is 355 g/mol. The molecule has 2 aromatic heterocycles. The third-order valence-corrected chi connectivity index (χ3v) is 4.62. The molecule has 0 spiro atoms. The Morgan fingerprint density at radius 3 is 2.73 bits per heavy atom. The topological polar surface area (TPSA) is 103 Å². The fourth-order valence-corrected chi connectivity index (χ4v) is 3.11. The van der Waals surface area contributed by atoms with Crippen LogP contribution in [0.3, 0.4) is 0 Å². The minimum atomic E-state index is -0.657. The van der Waals surface area contributed by atoms with Crippen molar-refractivity contribution >= 4 is 17.2 Å². The molecular weight excluding hydrogens is 334 g/mol. The van der Waals surface area contributed by atoms with Crippen molar-refractivity contribution in [3.8, 4) is 0 Å². The maximum absolute atomic E-state index is 12.7. The van der Waals surface area contributed by atoms with Gasteiger partial charge < -0.3 is 5.73 Å². The monoisotopic (exact) mass is 355 g/mol. The molecule has 1 aliphatic rings. The predicted octanol–water partition coefficient (Wildman–Crippen LogP) is 0.0332. The van der Waals surface area contributed by atoms with Gasteiger partial charge in [0.25, 0.3) is 5.56 Å². The molecule has 0 fully saturated rings. The van der Waals surface area contributed by atoms with Gasteiger partial charge in [0.1, 0.15) is 11.4 Å². The van der Waals surface area contributed by atoms with Crippen LogP contribution in [0.4, 0.5) is 5.82 Å². The summed E-state index contributed by atoms with van der Waals surface area (Å²) in [6.45, 7) is 1.36. The summed E-state index contributed by atoms with van der Waals surface area (Å²) in [5, 5.41) is 0. The van der Waals surface area contributed by atoms with E-state index < -0.39 is 11.2 Å². The molecule has 136 valence electrons. The fraction of sp³-hybridized carbons (Fsp3) is 0.333. The van der Waals surface area contributed by atoms with Gasteiger partial charge in [-0.3, -0.25) is 28.6 Å². The standard InChI is InChI=1S/C18H21N5O3/c1-21-16(19)15(17(25)22(2)18(21)26)14(24)11-23-8-4-6-13(10-23)12-5-3-7-20-9-12/h3,5-7,9H,4,8,10-11,19H2,1-2H3. The highest BCUT2D eigenvalue weighted by atomic mass is 16.2. The van der Waals surface area contributed by atoms with Gasteiger partial charge in [0.2, 0.25) is 0 Å². The van der Waals surface area contributed by atoms with E-state index in [-0.39, 0.29) is 23.7 Å². The Bertz CT molecular complexity index is 988. The number of carbonyl (C=O) groups excluding carboxylic acids is 1. The van der Waals surface area contributed by atoms with Crippen molar-refractivity contribution in [1.82, 2.24) is 19.0 Å². The predicted molar refractivity (Wildman–Crippen MR) is 98.9 cm³/mol. The van der Waals surface area contributed by atoms with Gasteiger partial charge in [-0.05, 0) is 23.6 Å². The molecule has 0 radical (unpaired) electrons. The smallest absolute Gasteiger partial charge is 0.332 e. The van der Waals surface area contributed by atoms with Crippen LogP contribution in [0.15, 0.2) is 40.2 Å². The highest BCUT2D eigenvalue weighted by Gasteiger charge is 2.23. The molecule has 2 N–H and O–H groups in total. The average Bonchev–Trinajstić information content (AvgIpc) is 2.66. The Morgan fingerprint density at radius 2 is 2.04 bits per heavy atom. The normalized spacial score (nSPS) is 14.9. The summed E-state index contributed by atoms with van der Waals surface area (Å²) in [4.78, 5) is 43.1. The van der Waals surface area contributed by atoms with Crippen LogP contribution in [0, 0.1) is 0 Å². The van der Waals surface area contributed by atoms with Crippen LogP contribution in [0.2, 0.25) is 0 Å². The molecule has 0 aliphatic carbocycles. The van der Waals surface area contributed by atoms with Crippen LogP contribution < -0.4 is 17.0 Å². The quantitative estimate of drug-likeness (QED) is 0.777. The number of pyridine rings is 1. The van der Waals surface area contributed by atoms with E-state index in [9.17, 15) is 14.4 Å². The zero-order valence-corrected chi connectivity index (χ0v) is 14.8. The second-order valence-electron chi connectivity index (χ2n) is 6.36. The van der Waals surface area contributed by atoms with E-state index in [0.717, 1.165) is 26.7 Å². The molecule has 2 aromatic rings. The van der Waals surface area contributed by atoms with Crippen molar-refractivity contribution in [2.45, 2.75) is 6.42 Å². The molecule has 0 atom stereocenters. The zero-order chi connectivity index (χ0) is 18.8. The number of aromatic nitrogens is 3. The minimum absolute atomic E-state index is 0.0647. The van der Waals surface area contributed by atoms with Crippen molar-refractivity contribution in [2.75, 3.05) is 25.4 Å². The Kier molecular flexibility index (Phi) is 4.85. The Hall–Kier alpha value is -3.00. The number of rotatable bonds is 4. The molecule has 26 heavy (non-hydrogen) atoms. The van der Waals surface area contributed by atoms with E-state index in [2.05, 4.69) is 11.1 Å². The lowest BCUT2D eigenvalue weighted by molar-refractivity contribution is 0.0936. The first-order chi connectivity index (χ1) is 12.4. The highest BCUT2D eigenvalue weighted by Crippen LogP contribution is 2.20. The van der Waals surface area contributed by atoms with Crippen LogP contribution >= 0.6 is 0 Å². The van der Waals surface area contributed by atoms with E-state index in [1.807, 2.05) is 17.0 Å². The zero-order valence-electron chi connectivity index (χ0n) is 14.8. The molecule has 0 bridgehead atoms. The van der Waals surface area contributed by atoms with E-state index >= 15 is 0 Å². The van der Waals surface area contributed by atoms with E-state index in [0.29, 0.717) is 13.1 Å². The van der Waals surface area contributed by atoms with Crippen LogP contribution in [-0.2, 0) is 14.1 Å². The molecule has 0 unspecified atom stereocenters. The molecule has 3 heterocycles. The number of nitrogen functional groups attached to an aromatic ring is 1. The maximum Gasteiger partial charge on any atom is 0.332 e. The third-order valence-electron chi connectivity index (χ3n) is 4.62. The van der Waals surface area contributed by atoms with E-state index in [4.69, 9.17) is 5.73 Å². The number of nitrogens with two attached hydrogens (primary N) is 1. The highest BCUT2D eigenvalue weighted by molar-refractivity contribution is 6.01. The molecule has 8 nitrogen and oxygen atoms in total. The molecule has 0 saturated heterocycles. The van der Waals surface area contributed by atoms with Crippen LogP contribution in [0.1, 0.15) is 22.3 Å². The second-order valence-corrected chi connectivity index (χ2v) is 6.36. The molecule has 8 heteroatoms. The number of nitrogens with zero attached hydrogens (tertiary/aromatic N) is 4. The van der Waals surface area contributed by atoms with Gasteiger partial charge >= 0.3 is 5.69 Å². The van der Waals surface area contributed by atoms with Crippen LogP contribution in [0.25, 0.3) is 5.57 Å². The Morgan fingerprint density at radius 1 is 1.27 bits per heavy atom. The van der Waals surface area contributed by atoms with Gasteiger partial charge in [0, 0.05) is 39.6 Å². The van der Waals surface area contributed by atoms with Gasteiger partial charge in [-0.1, -0.05) is 12.1 Å². The molecular formula is C18H21N5O3. The van der Waals surface area contributed by atoms with Gasteiger partial charge in [-0.15, -0.1) is 0 Å². The van der Waals surface area contributed by atoms with Crippen molar-refractivity contribution < 1.29 is 4.79 Å². The van der Waals surface area contributed by atoms with Gasteiger partial charge in [-0.25, -0.2) is 4.79 Å². The summed E-state index contributed by atoms with van der Waals surface area (Å²) in [6.07, 6.45) is 6.44. The summed E-state index contributed by atoms with van der Waals surface area (Å²) < 4.78 is 2.02. The van der Waals surface area contributed by atoms with Crippen molar-refractivity contribution in [3.63, 3.8) is 0 Å². The minimum Gasteiger partial charge on any atom is -0.384 e. The van der Waals surface area contributed by atoms with Crippen LogP contribution in [-0.4, -0.2) is 44.4 Å². The molecule has 1 aliphatic heterocycles. The first kappa shape index (κ1) is 17.8. The fourth-order valence-electron chi connectivity index (χ4n) is 3.11. The third kappa shape index (κ3) is 3.23. The summed E-state index contributed by atoms with van der Waals surface area (Å²) >= 11 is 0. The molecule has 3 rings (SSSR count). The van der Waals surface area contributed by atoms with Crippen molar-refractivity contribution in [1.29, 1.82) is 0 Å². The van der Waals surface area contributed by atoms with Gasteiger partial charge in [0.15, 0.2) is 5.78 Å². The Labute approximate surface area is 150 Å². The maximum atomic E-state index is 12.7. The van der Waals surface area contributed by atoms with Crippen LogP contribution in [0.5, 0.6) is 0 Å². The molecule has 0 amide bonds. The first-order valence-electron chi connectivity index (χ1n) is 8.30. The number of ketones is 1. The number of anilines is 1. The Balaban J connectivity index is 1.83. The summed E-state index contributed by atoms with van der Waals surface area (Å²) in [7, 11) is 2.78. The largest absolute Gasteiger partial charge is 0.384 e. The first-order valence-corrected chi connectivity index (χ1v) is 8.30. The van der Waals surface area contributed by atoms with E-state index in [1.165, 1.54) is 14.1 Å². The summed E-state index contributed by atoms with van der Waals surface area (Å²) in [6, 6.07) is 3.85. The SMILES string of the molecule is Cn1c(N)c(C(=O)CN2CCC=C(c3cccnc3)C2)c(=O)n(C)c1=O. The number of Topliss-reactive ketones (excluding diaryl/α,β-unsaturated/α-hetero) is 1. The number of hydrogen-bond donors (Lipinski definition) is 1. The second kappa shape index (κ2) is 7.09. The lowest BCUT2D eigenvalue weighted by atomic mass is 10.0. The van der Waals surface area contributed by atoms with Crippen molar-refractivity contribution in [2.24, 2.45) is 14.1 Å². The number of carbonyl (C=O) groups is 1.